The summed E-state index contributed by atoms with van der Waals surface area (Å²) in [7, 11) is 0. The number of hydrogen-bond acceptors (Lipinski definition) is 5. The molecular formula is C21H32N4O3. The number of β-amino-alcohol motifs (C(OH)–C–C–N with tert-alkyl or cyclic N) is 1. The highest BCUT2D eigenvalue weighted by atomic mass is 16.3. The molecular weight excluding hydrogens is 356 g/mol. The lowest BCUT2D eigenvalue weighted by molar-refractivity contribution is -0.134. The smallest absolute Gasteiger partial charge is 0.253 e. The van der Waals surface area contributed by atoms with E-state index in [1.165, 1.54) is 0 Å². The second kappa shape index (κ2) is 8.74. The molecule has 2 saturated heterocycles. The second-order valence-corrected chi connectivity index (χ2v) is 8.58. The zero-order valence-electron chi connectivity index (χ0n) is 16.7. The first-order chi connectivity index (χ1) is 13.6. The summed E-state index contributed by atoms with van der Waals surface area (Å²) in [5, 5.41) is 9.79. The number of carbonyl (C=O) groups is 1. The molecule has 3 aliphatic heterocycles. The summed E-state index contributed by atoms with van der Waals surface area (Å²) in [4.78, 5) is 34.0. The molecule has 1 atom stereocenters. The van der Waals surface area contributed by atoms with Crippen LogP contribution in [-0.4, -0.2) is 69.2 Å². The van der Waals surface area contributed by atoms with Crippen molar-refractivity contribution < 1.29 is 9.90 Å². The van der Waals surface area contributed by atoms with E-state index in [-0.39, 0.29) is 23.5 Å². The van der Waals surface area contributed by atoms with Gasteiger partial charge >= 0.3 is 0 Å². The van der Waals surface area contributed by atoms with Gasteiger partial charge in [0.1, 0.15) is 5.82 Å². The average molecular weight is 389 g/mol. The van der Waals surface area contributed by atoms with Gasteiger partial charge in [0.25, 0.3) is 5.56 Å². The zero-order valence-corrected chi connectivity index (χ0v) is 16.7. The molecule has 1 N–H and O–H groups in total. The number of likely N-dealkylation sites (tertiary alicyclic amines) is 2. The molecule has 3 aliphatic rings. The van der Waals surface area contributed by atoms with Crippen LogP contribution in [0, 0.1) is 0 Å². The van der Waals surface area contributed by atoms with E-state index in [9.17, 15) is 14.7 Å². The second-order valence-electron chi connectivity index (χ2n) is 8.58. The highest BCUT2D eigenvalue weighted by Gasteiger charge is 2.28. The van der Waals surface area contributed by atoms with Crippen LogP contribution in [0.2, 0.25) is 0 Å². The molecule has 7 nitrogen and oxygen atoms in total. The first-order valence-corrected chi connectivity index (χ1v) is 10.9. The third-order valence-corrected chi connectivity index (χ3v) is 6.49. The van der Waals surface area contributed by atoms with Gasteiger partial charge in [-0.05, 0) is 45.1 Å². The summed E-state index contributed by atoms with van der Waals surface area (Å²) in [6, 6.07) is 1.73. The Kier molecular flexibility index (Phi) is 6.11. The van der Waals surface area contributed by atoms with Gasteiger partial charge in [-0.1, -0.05) is 6.42 Å². The number of hydrogen-bond donors (Lipinski definition) is 1. The molecule has 1 amide bonds. The van der Waals surface area contributed by atoms with Gasteiger partial charge in [-0.2, -0.15) is 0 Å². The van der Waals surface area contributed by atoms with Crippen LogP contribution < -0.4 is 5.56 Å². The van der Waals surface area contributed by atoms with E-state index in [0.717, 1.165) is 89.1 Å². The molecule has 1 unspecified atom stereocenters. The van der Waals surface area contributed by atoms with E-state index in [4.69, 9.17) is 4.98 Å². The largest absolute Gasteiger partial charge is 0.392 e. The van der Waals surface area contributed by atoms with E-state index in [2.05, 4.69) is 4.90 Å². The predicted molar refractivity (Wildman–Crippen MR) is 106 cm³/mol. The number of aromatic nitrogens is 2. The quantitative estimate of drug-likeness (QED) is 0.840. The van der Waals surface area contributed by atoms with Crippen LogP contribution in [0.4, 0.5) is 0 Å². The predicted octanol–water partition coefficient (Wildman–Crippen LogP) is 1.13. The number of aliphatic hydroxyl groups is 1. The van der Waals surface area contributed by atoms with Crippen molar-refractivity contribution in [3.05, 3.63) is 27.9 Å². The van der Waals surface area contributed by atoms with Crippen LogP contribution in [0.3, 0.4) is 0 Å². The molecule has 0 bridgehead atoms. The third-order valence-electron chi connectivity index (χ3n) is 6.49. The molecule has 28 heavy (non-hydrogen) atoms. The standard InChI is InChI=1S/C21H32N4O3/c26-17-5-4-9-23(14-17)15-21(28)24-11-7-16(8-12-24)18-13-20(27)25-10-3-1-2-6-19(25)22-18/h13,16-17,26H,1-12,14-15H2. The van der Waals surface area contributed by atoms with Crippen LogP contribution >= 0.6 is 0 Å². The molecule has 0 radical (unpaired) electrons. The lowest BCUT2D eigenvalue weighted by Crippen LogP contribution is -2.47. The van der Waals surface area contributed by atoms with E-state index >= 15 is 0 Å². The Morgan fingerprint density at radius 3 is 2.68 bits per heavy atom. The molecule has 2 fully saturated rings. The number of carbonyl (C=O) groups excluding carboxylic acids is 1. The van der Waals surface area contributed by atoms with Gasteiger partial charge in [-0.3, -0.25) is 19.1 Å². The summed E-state index contributed by atoms with van der Waals surface area (Å²) in [5.74, 6) is 1.37. The van der Waals surface area contributed by atoms with Crippen molar-refractivity contribution in [3.8, 4) is 0 Å². The lowest BCUT2D eigenvalue weighted by Gasteiger charge is -2.35. The molecule has 4 rings (SSSR count). The van der Waals surface area contributed by atoms with Gasteiger partial charge in [0.15, 0.2) is 0 Å². The summed E-state index contributed by atoms with van der Waals surface area (Å²) in [6.45, 7) is 4.13. The fourth-order valence-electron chi connectivity index (χ4n) is 4.83. The molecule has 0 saturated carbocycles. The molecule has 4 heterocycles. The molecule has 0 aliphatic carbocycles. The first-order valence-electron chi connectivity index (χ1n) is 10.9. The molecule has 0 aromatic carbocycles. The van der Waals surface area contributed by atoms with Crippen molar-refractivity contribution in [1.82, 2.24) is 19.4 Å². The Morgan fingerprint density at radius 1 is 1.07 bits per heavy atom. The van der Waals surface area contributed by atoms with E-state index < -0.39 is 0 Å². The van der Waals surface area contributed by atoms with Crippen molar-refractivity contribution in [1.29, 1.82) is 0 Å². The Labute approximate surface area is 166 Å². The number of rotatable bonds is 3. The van der Waals surface area contributed by atoms with Crippen molar-refractivity contribution in [2.75, 3.05) is 32.7 Å². The third kappa shape index (κ3) is 4.46. The maximum Gasteiger partial charge on any atom is 0.253 e. The minimum absolute atomic E-state index is 0.0871. The van der Waals surface area contributed by atoms with Gasteiger partial charge in [0.2, 0.25) is 5.91 Å². The number of nitrogens with zero attached hydrogens (tertiary/aromatic N) is 4. The number of aliphatic hydroxyl groups excluding tert-OH is 1. The Bertz CT molecular complexity index is 755. The molecule has 7 heteroatoms. The van der Waals surface area contributed by atoms with E-state index in [0.29, 0.717) is 13.1 Å². The SMILES string of the molecule is O=C(CN1CCCC(O)C1)N1CCC(c2cc(=O)n3c(n2)CCCCC3)CC1. The summed E-state index contributed by atoms with van der Waals surface area (Å²) >= 11 is 0. The van der Waals surface area contributed by atoms with E-state index in [1.54, 1.807) is 6.07 Å². The van der Waals surface area contributed by atoms with Crippen LogP contribution in [0.15, 0.2) is 10.9 Å². The van der Waals surface area contributed by atoms with Crippen molar-refractivity contribution in [2.45, 2.75) is 69.9 Å². The maximum absolute atomic E-state index is 12.6. The number of aryl methyl sites for hydroxylation is 1. The average Bonchev–Trinajstić information content (AvgIpc) is 2.94. The van der Waals surface area contributed by atoms with Gasteiger partial charge < -0.3 is 10.0 Å². The van der Waals surface area contributed by atoms with Crippen LogP contribution in [0.1, 0.15) is 62.4 Å². The molecule has 0 spiro atoms. The highest BCUT2D eigenvalue weighted by molar-refractivity contribution is 5.78. The Morgan fingerprint density at radius 2 is 1.89 bits per heavy atom. The van der Waals surface area contributed by atoms with Crippen molar-refractivity contribution in [3.63, 3.8) is 0 Å². The Balaban J connectivity index is 1.35. The molecule has 1 aromatic rings. The number of amides is 1. The fourth-order valence-corrected chi connectivity index (χ4v) is 4.83. The van der Waals surface area contributed by atoms with Gasteiger partial charge in [-0.15, -0.1) is 0 Å². The molecule has 154 valence electrons. The van der Waals surface area contributed by atoms with E-state index in [1.807, 2.05) is 9.47 Å². The van der Waals surface area contributed by atoms with Crippen molar-refractivity contribution >= 4 is 5.91 Å². The summed E-state index contributed by atoms with van der Waals surface area (Å²) < 4.78 is 1.85. The number of piperidine rings is 2. The number of fused-ring (bicyclic) bond motifs is 1. The van der Waals surface area contributed by atoms with Gasteiger partial charge in [-0.25, -0.2) is 4.98 Å². The van der Waals surface area contributed by atoms with Crippen LogP contribution in [0.25, 0.3) is 0 Å². The molecule has 1 aromatic heterocycles. The van der Waals surface area contributed by atoms with Gasteiger partial charge in [0, 0.05) is 44.6 Å². The van der Waals surface area contributed by atoms with Crippen molar-refractivity contribution in [2.24, 2.45) is 0 Å². The topological polar surface area (TPSA) is 78.7 Å². The normalized spacial score (nSPS) is 24.6. The van der Waals surface area contributed by atoms with Crippen LogP contribution in [0.5, 0.6) is 0 Å². The van der Waals surface area contributed by atoms with Gasteiger partial charge in [0.05, 0.1) is 18.3 Å². The summed E-state index contributed by atoms with van der Waals surface area (Å²) in [6.07, 6.45) is 7.44. The monoisotopic (exact) mass is 388 g/mol. The fraction of sp³-hybridized carbons (Fsp3) is 0.762. The van der Waals surface area contributed by atoms with Crippen LogP contribution in [-0.2, 0) is 17.8 Å². The maximum atomic E-state index is 12.6. The minimum atomic E-state index is -0.300. The first kappa shape index (κ1) is 19.6. The highest BCUT2D eigenvalue weighted by Crippen LogP contribution is 2.27. The lowest BCUT2D eigenvalue weighted by atomic mass is 9.93. The zero-order chi connectivity index (χ0) is 19.5. The Hall–Kier alpha value is -1.73. The minimum Gasteiger partial charge on any atom is -0.392 e. The summed E-state index contributed by atoms with van der Waals surface area (Å²) in [5.41, 5.74) is 1.01.